The number of hydrogen-bond acceptors (Lipinski definition) is 3. The number of carbonyl (C=O) groups excluding carboxylic acids is 1. The minimum atomic E-state index is 0.168. The maximum absolute atomic E-state index is 11.1. The highest BCUT2D eigenvalue weighted by atomic mass is 16.1. The maximum Gasteiger partial charge on any atom is 0.138 e. The number of fused-ring (bicyclic) bond motifs is 1. The molecule has 0 saturated carbocycles. The van der Waals surface area contributed by atoms with E-state index in [2.05, 4.69) is 10.1 Å². The average Bonchev–Trinajstić information content (AvgIpc) is 2.49. The van der Waals surface area contributed by atoms with Crippen molar-refractivity contribution in [3.8, 4) is 0 Å². The maximum atomic E-state index is 11.1. The highest BCUT2D eigenvalue weighted by Gasteiger charge is 2.22. The molecular formula is C8H11N3O. The van der Waals surface area contributed by atoms with Gasteiger partial charge in [0.2, 0.25) is 0 Å². The van der Waals surface area contributed by atoms with E-state index in [1.54, 1.807) is 13.3 Å². The van der Waals surface area contributed by atoms with E-state index in [9.17, 15) is 4.79 Å². The molecule has 0 radical (unpaired) electrons. The molecular weight excluding hydrogens is 154 g/mol. The fraction of sp³-hybridized carbons (Fsp3) is 0.625. The Hall–Kier alpha value is -1.19. The minimum Gasteiger partial charge on any atom is -0.300 e. The van der Waals surface area contributed by atoms with Crippen molar-refractivity contribution in [2.45, 2.75) is 26.3 Å². The largest absolute Gasteiger partial charge is 0.300 e. The quantitative estimate of drug-likeness (QED) is 0.606. The molecule has 1 aromatic heterocycles. The zero-order chi connectivity index (χ0) is 8.55. The highest BCUT2D eigenvalue weighted by molar-refractivity contribution is 5.78. The van der Waals surface area contributed by atoms with E-state index in [-0.39, 0.29) is 11.7 Å². The lowest BCUT2D eigenvalue weighted by atomic mass is 9.94. The normalized spacial score (nSPS) is 21.9. The number of hydrogen-bond donors (Lipinski definition) is 0. The topological polar surface area (TPSA) is 47.8 Å². The van der Waals surface area contributed by atoms with Crippen LogP contribution in [0.5, 0.6) is 0 Å². The van der Waals surface area contributed by atoms with Crippen molar-refractivity contribution in [3.63, 3.8) is 0 Å². The Bertz CT molecular complexity index is 305. The second kappa shape index (κ2) is 2.69. The summed E-state index contributed by atoms with van der Waals surface area (Å²) in [6.45, 7) is 2.48. The van der Waals surface area contributed by atoms with Crippen LogP contribution in [0.3, 0.4) is 0 Å². The number of ketones is 1. The van der Waals surface area contributed by atoms with Crippen LogP contribution in [0.15, 0.2) is 6.33 Å². The van der Waals surface area contributed by atoms with Crippen molar-refractivity contribution in [2.24, 2.45) is 5.92 Å². The van der Waals surface area contributed by atoms with Gasteiger partial charge in [-0.25, -0.2) is 4.98 Å². The number of Topliss-reactive ketones (excluding diaryl/α,β-unsaturated/α-hetero) is 1. The Morgan fingerprint density at radius 2 is 2.58 bits per heavy atom. The zero-order valence-electron chi connectivity index (χ0n) is 7.03. The van der Waals surface area contributed by atoms with Gasteiger partial charge in [0.15, 0.2) is 0 Å². The molecule has 1 unspecified atom stereocenters. The molecule has 0 saturated heterocycles. The first-order chi connectivity index (χ1) is 5.77. The molecule has 1 aliphatic rings. The van der Waals surface area contributed by atoms with Crippen LogP contribution in [0.25, 0.3) is 0 Å². The molecule has 2 heterocycles. The summed E-state index contributed by atoms with van der Waals surface area (Å²) in [4.78, 5) is 15.2. The number of aromatic nitrogens is 3. The van der Waals surface area contributed by atoms with Crippen molar-refractivity contribution < 1.29 is 4.79 Å². The Labute approximate surface area is 70.6 Å². The fourth-order valence-electron chi connectivity index (χ4n) is 1.58. The van der Waals surface area contributed by atoms with Gasteiger partial charge in [0.05, 0.1) is 0 Å². The summed E-state index contributed by atoms with van der Waals surface area (Å²) >= 11 is 0. The lowest BCUT2D eigenvalue weighted by Crippen LogP contribution is -2.24. The summed E-state index contributed by atoms with van der Waals surface area (Å²) in [6.07, 6.45) is 3.22. The molecule has 0 N–H and O–H groups in total. The van der Waals surface area contributed by atoms with Crippen LogP contribution >= 0.6 is 0 Å². The standard InChI is InChI=1S/C8H11N3O/c1-6(12)7-2-3-11-8(4-7)9-5-10-11/h5,7H,2-4H2,1H3. The third-order valence-electron chi connectivity index (χ3n) is 2.39. The lowest BCUT2D eigenvalue weighted by molar-refractivity contribution is -0.121. The smallest absolute Gasteiger partial charge is 0.138 e. The molecule has 2 rings (SSSR count). The molecule has 0 spiro atoms. The van der Waals surface area contributed by atoms with E-state index in [1.165, 1.54) is 0 Å². The summed E-state index contributed by atoms with van der Waals surface area (Å²) in [5.41, 5.74) is 0. The molecule has 0 aliphatic carbocycles. The van der Waals surface area contributed by atoms with Crippen LogP contribution in [-0.2, 0) is 17.8 Å². The molecule has 0 aromatic carbocycles. The van der Waals surface area contributed by atoms with Gasteiger partial charge in [-0.1, -0.05) is 0 Å². The van der Waals surface area contributed by atoms with Crippen LogP contribution in [0.1, 0.15) is 19.2 Å². The van der Waals surface area contributed by atoms with Gasteiger partial charge in [0, 0.05) is 18.9 Å². The van der Waals surface area contributed by atoms with Crippen LogP contribution in [0.4, 0.5) is 0 Å². The number of carbonyl (C=O) groups is 1. The van der Waals surface area contributed by atoms with Gasteiger partial charge in [-0.05, 0) is 13.3 Å². The summed E-state index contributed by atoms with van der Waals surface area (Å²) < 4.78 is 1.87. The van der Waals surface area contributed by atoms with Crippen LogP contribution in [0, 0.1) is 5.92 Å². The monoisotopic (exact) mass is 165 g/mol. The van der Waals surface area contributed by atoms with Gasteiger partial charge in [-0.3, -0.25) is 9.48 Å². The molecule has 1 aromatic rings. The van der Waals surface area contributed by atoms with Gasteiger partial charge in [-0.2, -0.15) is 5.10 Å². The molecule has 12 heavy (non-hydrogen) atoms. The van der Waals surface area contributed by atoms with Crippen molar-refractivity contribution in [3.05, 3.63) is 12.2 Å². The molecule has 4 nitrogen and oxygen atoms in total. The SMILES string of the molecule is CC(=O)C1CCn2ncnc2C1. The van der Waals surface area contributed by atoms with Crippen LogP contribution < -0.4 is 0 Å². The second-order valence-electron chi connectivity index (χ2n) is 3.20. The fourth-order valence-corrected chi connectivity index (χ4v) is 1.58. The zero-order valence-corrected chi connectivity index (χ0v) is 7.03. The van der Waals surface area contributed by atoms with Gasteiger partial charge in [0.1, 0.15) is 17.9 Å². The van der Waals surface area contributed by atoms with E-state index in [1.807, 2.05) is 4.68 Å². The van der Waals surface area contributed by atoms with Crippen LogP contribution in [-0.4, -0.2) is 20.5 Å². The van der Waals surface area contributed by atoms with Gasteiger partial charge in [0.25, 0.3) is 0 Å². The highest BCUT2D eigenvalue weighted by Crippen LogP contribution is 2.18. The van der Waals surface area contributed by atoms with Crippen LogP contribution in [0.2, 0.25) is 0 Å². The summed E-state index contributed by atoms with van der Waals surface area (Å²) in [6, 6.07) is 0. The van der Waals surface area contributed by atoms with E-state index in [4.69, 9.17) is 0 Å². The predicted octanol–water partition coefficient (Wildman–Crippen LogP) is 0.429. The van der Waals surface area contributed by atoms with Gasteiger partial charge >= 0.3 is 0 Å². The Balaban J connectivity index is 2.20. The van der Waals surface area contributed by atoms with Gasteiger partial charge in [-0.15, -0.1) is 0 Å². The van der Waals surface area contributed by atoms with E-state index < -0.39 is 0 Å². The molecule has 4 heteroatoms. The van der Waals surface area contributed by atoms with Crippen molar-refractivity contribution in [2.75, 3.05) is 0 Å². The van der Waals surface area contributed by atoms with E-state index in [0.29, 0.717) is 0 Å². The van der Waals surface area contributed by atoms with Crippen molar-refractivity contribution >= 4 is 5.78 Å². The van der Waals surface area contributed by atoms with E-state index in [0.717, 1.165) is 25.2 Å². The Kier molecular flexibility index (Phi) is 1.67. The minimum absolute atomic E-state index is 0.168. The Morgan fingerprint density at radius 3 is 3.33 bits per heavy atom. The van der Waals surface area contributed by atoms with E-state index >= 15 is 0 Å². The molecule has 1 atom stereocenters. The van der Waals surface area contributed by atoms with Crippen molar-refractivity contribution in [1.82, 2.24) is 14.8 Å². The lowest BCUT2D eigenvalue weighted by Gasteiger charge is -2.19. The summed E-state index contributed by atoms with van der Waals surface area (Å²) in [5, 5.41) is 4.04. The molecule has 1 aliphatic heterocycles. The third-order valence-corrected chi connectivity index (χ3v) is 2.39. The number of rotatable bonds is 1. The number of nitrogens with zero attached hydrogens (tertiary/aromatic N) is 3. The molecule has 0 fully saturated rings. The molecule has 0 amide bonds. The molecule has 0 bridgehead atoms. The summed E-state index contributed by atoms with van der Waals surface area (Å²) in [5.74, 6) is 1.38. The first-order valence-electron chi connectivity index (χ1n) is 4.14. The predicted molar refractivity (Wildman–Crippen MR) is 42.5 cm³/mol. The average molecular weight is 165 g/mol. The summed E-state index contributed by atoms with van der Waals surface area (Å²) in [7, 11) is 0. The molecule has 64 valence electrons. The number of aryl methyl sites for hydroxylation is 1. The first-order valence-corrected chi connectivity index (χ1v) is 4.14. The first kappa shape index (κ1) is 7.46. The second-order valence-corrected chi connectivity index (χ2v) is 3.20. The van der Waals surface area contributed by atoms with Crippen molar-refractivity contribution in [1.29, 1.82) is 0 Å². The third kappa shape index (κ3) is 1.13. The Morgan fingerprint density at radius 1 is 1.75 bits per heavy atom. The van der Waals surface area contributed by atoms with Gasteiger partial charge < -0.3 is 0 Å².